The maximum Gasteiger partial charge on any atom is 0.261 e. The Morgan fingerprint density at radius 2 is 1.11 bits per heavy atom. The van der Waals surface area contributed by atoms with Crippen molar-refractivity contribution in [2.75, 3.05) is 27.9 Å². The van der Waals surface area contributed by atoms with Gasteiger partial charge in [0.15, 0.2) is 6.29 Å². The van der Waals surface area contributed by atoms with E-state index in [1.165, 1.54) is 10.4 Å². The zero-order valence-corrected chi connectivity index (χ0v) is 42.6. The molecule has 5 aromatic rings. The van der Waals surface area contributed by atoms with Gasteiger partial charge in [-0.2, -0.15) is 0 Å². The Morgan fingerprint density at radius 3 is 1.57 bits per heavy atom. The molecule has 0 unspecified atom stereocenters. The molecule has 10 atom stereocenters. The number of rotatable bonds is 23. The average Bonchev–Trinajstić information content (AvgIpc) is 3.55. The molecule has 0 spiro atoms. The van der Waals surface area contributed by atoms with Crippen LogP contribution in [0, 0.1) is 17.8 Å². The molecule has 1 saturated heterocycles. The number of alkyl halides is 1. The lowest BCUT2D eigenvalue weighted by atomic mass is 9.77. The molecule has 10 heteroatoms. The van der Waals surface area contributed by atoms with E-state index in [1.54, 1.807) is 21.3 Å². The Labute approximate surface area is 398 Å². The summed E-state index contributed by atoms with van der Waals surface area (Å²) in [5, 5.41) is 2.16. The Bertz CT molecular complexity index is 2080. The van der Waals surface area contributed by atoms with Gasteiger partial charge in [-0.3, -0.25) is 0 Å². The standard InChI is InChI=1S/C55H71BrO8Si/c1-39(50(58-9)48(60-35-42-23-15-11-16-24-42)38-63-65(54(4,5)6,46-27-19-13-20-28-46)47-29-21-14-22-30-47)49(61-36-44-31-33-45(57-8)34-32-44)40(2)52(62-37-43-25-17-12-18-26-43)55(7)51(56)41(3)53(59-10)64-55/h11-34,39-41,48-53H,35-38H2,1-10H3/t39-,40+,41-,48+,49-,50+,51-,52-,53-,55-/m1/s1. The predicted molar refractivity (Wildman–Crippen MR) is 266 cm³/mol. The Kier molecular flexibility index (Phi) is 18.2. The first kappa shape index (κ1) is 50.7. The highest BCUT2D eigenvalue weighted by Gasteiger charge is 2.57. The minimum absolute atomic E-state index is 0.0530. The molecule has 65 heavy (non-hydrogen) atoms. The SMILES string of the molecule is COc1ccc(CO[C@H]([C@@H](C)[C@H](OC)[C@H](CO[Si](c2ccccc2)(c2ccccc2)C(C)(C)C)OCc2ccccc2)[C@H](C)[C@@H](OCc2ccccc2)[C@]2(C)O[C@@H](OC)[C@H](C)[C@H]2Br)cc1. The van der Waals surface area contributed by atoms with Gasteiger partial charge in [0.2, 0.25) is 0 Å². The quantitative estimate of drug-likeness (QED) is 0.0474. The van der Waals surface area contributed by atoms with Gasteiger partial charge in [0.05, 0.1) is 56.7 Å². The summed E-state index contributed by atoms with van der Waals surface area (Å²) >= 11 is 4.09. The van der Waals surface area contributed by atoms with Crippen molar-refractivity contribution in [1.29, 1.82) is 0 Å². The molecule has 5 aromatic carbocycles. The lowest BCUT2D eigenvalue weighted by Gasteiger charge is -2.46. The summed E-state index contributed by atoms with van der Waals surface area (Å²) in [7, 11) is 2.18. The number of hydrogen-bond acceptors (Lipinski definition) is 8. The molecule has 1 heterocycles. The molecular weight excluding hydrogens is 897 g/mol. The van der Waals surface area contributed by atoms with Crippen LogP contribution in [0.5, 0.6) is 5.75 Å². The van der Waals surface area contributed by atoms with Gasteiger partial charge in [0.25, 0.3) is 8.32 Å². The summed E-state index contributed by atoms with van der Waals surface area (Å²) in [6, 6.07) is 50.1. The van der Waals surface area contributed by atoms with Crippen LogP contribution >= 0.6 is 15.9 Å². The van der Waals surface area contributed by atoms with Crippen molar-refractivity contribution >= 4 is 34.6 Å². The minimum Gasteiger partial charge on any atom is -0.497 e. The van der Waals surface area contributed by atoms with Crippen molar-refractivity contribution in [3.05, 3.63) is 162 Å². The molecule has 6 rings (SSSR count). The maximum atomic E-state index is 7.64. The lowest BCUT2D eigenvalue weighted by molar-refractivity contribution is -0.223. The highest BCUT2D eigenvalue weighted by atomic mass is 79.9. The molecular formula is C55H71BrO8Si. The molecule has 1 aliphatic rings. The molecule has 0 aromatic heterocycles. The van der Waals surface area contributed by atoms with Crippen molar-refractivity contribution in [2.45, 2.75) is 114 Å². The van der Waals surface area contributed by atoms with Gasteiger partial charge >= 0.3 is 0 Å². The van der Waals surface area contributed by atoms with E-state index in [-0.39, 0.29) is 34.2 Å². The second kappa shape index (κ2) is 23.4. The van der Waals surface area contributed by atoms with Crippen LogP contribution in [-0.2, 0) is 52.7 Å². The van der Waals surface area contributed by atoms with Gasteiger partial charge in [-0.1, -0.05) is 191 Å². The number of benzene rings is 5. The number of hydrogen-bond donors (Lipinski definition) is 0. The Hall–Kier alpha value is -3.68. The molecule has 8 nitrogen and oxygen atoms in total. The Morgan fingerprint density at radius 1 is 0.631 bits per heavy atom. The van der Waals surface area contributed by atoms with Gasteiger partial charge in [-0.15, -0.1) is 0 Å². The van der Waals surface area contributed by atoms with Crippen LogP contribution in [0.25, 0.3) is 0 Å². The van der Waals surface area contributed by atoms with E-state index in [2.05, 4.69) is 149 Å². The summed E-state index contributed by atoms with van der Waals surface area (Å²) in [4.78, 5) is -0.0826. The maximum absolute atomic E-state index is 7.64. The third-order valence-corrected chi connectivity index (χ3v) is 20.1. The first-order valence-corrected chi connectivity index (χ1v) is 25.8. The van der Waals surface area contributed by atoms with Crippen molar-refractivity contribution < 1.29 is 37.6 Å². The second-order valence-electron chi connectivity index (χ2n) is 18.7. The molecule has 0 aliphatic carbocycles. The smallest absolute Gasteiger partial charge is 0.261 e. The fourth-order valence-electron chi connectivity index (χ4n) is 9.91. The second-order valence-corrected chi connectivity index (χ2v) is 24.0. The third-order valence-electron chi connectivity index (χ3n) is 13.3. The number of halogens is 1. The molecule has 0 saturated carbocycles. The first-order chi connectivity index (χ1) is 31.3. The van der Waals surface area contributed by atoms with Crippen LogP contribution in [-0.4, -0.2) is 77.4 Å². The topological polar surface area (TPSA) is 73.8 Å². The van der Waals surface area contributed by atoms with Crippen LogP contribution in [0.1, 0.15) is 65.2 Å². The molecule has 0 radical (unpaired) electrons. The average molecular weight is 968 g/mol. The van der Waals surface area contributed by atoms with Gasteiger partial charge < -0.3 is 37.6 Å². The molecule has 1 aliphatic heterocycles. The normalized spacial score (nSPS) is 21.9. The van der Waals surface area contributed by atoms with E-state index in [0.29, 0.717) is 19.8 Å². The summed E-state index contributed by atoms with van der Waals surface area (Å²) < 4.78 is 54.0. The van der Waals surface area contributed by atoms with Gasteiger partial charge in [-0.05, 0) is 51.2 Å². The summed E-state index contributed by atoms with van der Waals surface area (Å²) in [6.07, 6.45) is -2.27. The highest BCUT2D eigenvalue weighted by molar-refractivity contribution is 9.09. The van der Waals surface area contributed by atoms with Crippen molar-refractivity contribution in [1.82, 2.24) is 0 Å². The molecule has 0 N–H and O–H groups in total. The first-order valence-electron chi connectivity index (χ1n) is 22.9. The highest BCUT2D eigenvalue weighted by Crippen LogP contribution is 2.47. The minimum atomic E-state index is -2.97. The Balaban J connectivity index is 1.42. The summed E-state index contributed by atoms with van der Waals surface area (Å²) in [5.41, 5.74) is 2.36. The zero-order chi connectivity index (χ0) is 46.6. The van der Waals surface area contributed by atoms with E-state index in [1.807, 2.05) is 60.7 Å². The van der Waals surface area contributed by atoms with E-state index in [0.717, 1.165) is 22.4 Å². The number of methoxy groups -OCH3 is 3. The van der Waals surface area contributed by atoms with Crippen molar-refractivity contribution in [2.24, 2.45) is 17.8 Å². The molecule has 0 amide bonds. The fraction of sp³-hybridized carbons (Fsp3) is 0.455. The monoisotopic (exact) mass is 966 g/mol. The predicted octanol–water partition coefficient (Wildman–Crippen LogP) is 10.8. The van der Waals surface area contributed by atoms with Crippen LogP contribution in [0.2, 0.25) is 5.04 Å². The van der Waals surface area contributed by atoms with E-state index in [9.17, 15) is 0 Å². The molecule has 350 valence electrons. The van der Waals surface area contributed by atoms with Crippen LogP contribution in [0.15, 0.2) is 146 Å². The van der Waals surface area contributed by atoms with Crippen LogP contribution in [0.4, 0.5) is 0 Å². The van der Waals surface area contributed by atoms with Gasteiger partial charge in [0.1, 0.15) is 17.5 Å². The van der Waals surface area contributed by atoms with Gasteiger partial charge in [-0.25, -0.2) is 0 Å². The molecule has 1 fully saturated rings. The van der Waals surface area contributed by atoms with E-state index < -0.39 is 44.6 Å². The lowest BCUT2D eigenvalue weighted by Crippen LogP contribution is -2.67. The van der Waals surface area contributed by atoms with E-state index in [4.69, 9.17) is 37.6 Å². The zero-order valence-electron chi connectivity index (χ0n) is 40.0. The van der Waals surface area contributed by atoms with E-state index >= 15 is 0 Å². The largest absolute Gasteiger partial charge is 0.497 e. The third kappa shape index (κ3) is 11.9. The number of ether oxygens (including phenoxy) is 7. The fourth-order valence-corrected chi connectivity index (χ4v) is 15.1. The van der Waals surface area contributed by atoms with Crippen molar-refractivity contribution in [3.8, 4) is 5.75 Å². The van der Waals surface area contributed by atoms with Crippen molar-refractivity contribution in [3.63, 3.8) is 0 Å². The summed E-state index contributed by atoms with van der Waals surface area (Å²) in [5.74, 6) is 0.368. The van der Waals surface area contributed by atoms with Crippen LogP contribution in [0.3, 0.4) is 0 Å². The van der Waals surface area contributed by atoms with Crippen LogP contribution < -0.4 is 15.1 Å². The van der Waals surface area contributed by atoms with Gasteiger partial charge in [0, 0.05) is 32.0 Å². The summed E-state index contributed by atoms with van der Waals surface area (Å²) in [6.45, 7) is 17.0. The molecule has 0 bridgehead atoms.